The largest absolute Gasteiger partial charge is 0.480 e. The van der Waals surface area contributed by atoms with Crippen LogP contribution >= 0.6 is 0 Å². The SMILES string of the molecule is O=C(O)C1CCCN1c1ccc(C2=NCCN2)cc1F. The highest BCUT2D eigenvalue weighted by atomic mass is 19.1. The van der Waals surface area contributed by atoms with Crippen LogP contribution in [0.25, 0.3) is 0 Å². The van der Waals surface area contributed by atoms with Gasteiger partial charge in [0.2, 0.25) is 0 Å². The Bertz CT molecular complexity index is 574. The molecule has 20 heavy (non-hydrogen) atoms. The molecule has 2 heterocycles. The van der Waals surface area contributed by atoms with Crippen molar-refractivity contribution in [3.05, 3.63) is 29.6 Å². The summed E-state index contributed by atoms with van der Waals surface area (Å²) >= 11 is 0. The number of halogens is 1. The van der Waals surface area contributed by atoms with Crippen LogP contribution in [0.1, 0.15) is 18.4 Å². The minimum atomic E-state index is -0.896. The molecule has 2 aliphatic rings. The second kappa shape index (κ2) is 5.11. The molecule has 0 amide bonds. The van der Waals surface area contributed by atoms with Gasteiger partial charge in [-0.15, -0.1) is 0 Å². The maximum absolute atomic E-state index is 14.3. The zero-order chi connectivity index (χ0) is 14.1. The predicted molar refractivity (Wildman–Crippen MR) is 73.8 cm³/mol. The Labute approximate surface area is 116 Å². The van der Waals surface area contributed by atoms with E-state index in [1.165, 1.54) is 6.07 Å². The Morgan fingerprint density at radius 3 is 3.00 bits per heavy atom. The van der Waals surface area contributed by atoms with Crippen LogP contribution in [-0.2, 0) is 4.79 Å². The average Bonchev–Trinajstić information content (AvgIpc) is 3.10. The van der Waals surface area contributed by atoms with E-state index < -0.39 is 17.8 Å². The van der Waals surface area contributed by atoms with E-state index in [4.69, 9.17) is 5.11 Å². The molecule has 1 saturated heterocycles. The summed E-state index contributed by atoms with van der Waals surface area (Å²) in [6.07, 6.45) is 1.33. The molecule has 1 aromatic carbocycles. The number of aliphatic imine (C=N–C) groups is 1. The molecule has 1 unspecified atom stereocenters. The number of hydrogen-bond donors (Lipinski definition) is 2. The number of nitrogens with one attached hydrogen (secondary N) is 1. The smallest absolute Gasteiger partial charge is 0.326 e. The molecule has 2 aliphatic heterocycles. The van der Waals surface area contributed by atoms with Crippen molar-refractivity contribution >= 4 is 17.5 Å². The molecule has 0 saturated carbocycles. The summed E-state index contributed by atoms with van der Waals surface area (Å²) in [5.41, 5.74) is 1.06. The summed E-state index contributed by atoms with van der Waals surface area (Å²) < 4.78 is 14.3. The Morgan fingerprint density at radius 2 is 2.35 bits per heavy atom. The van der Waals surface area contributed by atoms with Crippen LogP contribution in [0.2, 0.25) is 0 Å². The molecule has 0 radical (unpaired) electrons. The van der Waals surface area contributed by atoms with Crippen molar-refractivity contribution < 1.29 is 14.3 Å². The van der Waals surface area contributed by atoms with Crippen molar-refractivity contribution in [1.82, 2.24) is 5.32 Å². The summed E-state index contributed by atoms with van der Waals surface area (Å²) in [7, 11) is 0. The fourth-order valence-electron chi connectivity index (χ4n) is 2.79. The highest BCUT2D eigenvalue weighted by Crippen LogP contribution is 2.28. The van der Waals surface area contributed by atoms with Gasteiger partial charge >= 0.3 is 5.97 Å². The third kappa shape index (κ3) is 2.21. The normalized spacial score (nSPS) is 21.8. The molecule has 3 rings (SSSR count). The summed E-state index contributed by atoms with van der Waals surface area (Å²) in [6, 6.07) is 4.22. The second-order valence-corrected chi connectivity index (χ2v) is 5.01. The predicted octanol–water partition coefficient (Wildman–Crippen LogP) is 1.23. The van der Waals surface area contributed by atoms with Gasteiger partial charge in [-0.1, -0.05) is 0 Å². The number of aliphatic carboxylic acids is 1. The van der Waals surface area contributed by atoms with Crippen LogP contribution in [0, 0.1) is 5.82 Å². The first-order valence-electron chi connectivity index (χ1n) is 6.74. The number of carbonyl (C=O) groups is 1. The van der Waals surface area contributed by atoms with E-state index in [0.717, 1.165) is 13.0 Å². The van der Waals surface area contributed by atoms with E-state index in [-0.39, 0.29) is 0 Å². The second-order valence-electron chi connectivity index (χ2n) is 5.01. The van der Waals surface area contributed by atoms with Crippen molar-refractivity contribution in [1.29, 1.82) is 0 Å². The number of carboxylic acids is 1. The highest BCUT2D eigenvalue weighted by molar-refractivity contribution is 6.00. The van der Waals surface area contributed by atoms with Gasteiger partial charge in [-0.2, -0.15) is 0 Å². The van der Waals surface area contributed by atoms with Crippen molar-refractivity contribution in [2.75, 3.05) is 24.5 Å². The quantitative estimate of drug-likeness (QED) is 0.872. The van der Waals surface area contributed by atoms with Gasteiger partial charge in [0.15, 0.2) is 0 Å². The number of nitrogens with zero attached hydrogens (tertiary/aromatic N) is 2. The standard InChI is InChI=1S/C14H16FN3O2/c15-10-8-9(13-16-5-6-17-13)3-4-11(10)18-7-1-2-12(18)14(19)20/h3-4,8,12H,1-2,5-7H2,(H,16,17)(H,19,20). The van der Waals surface area contributed by atoms with Gasteiger partial charge in [0.05, 0.1) is 12.2 Å². The fourth-order valence-corrected chi connectivity index (χ4v) is 2.79. The minimum absolute atomic E-state index is 0.359. The van der Waals surface area contributed by atoms with Crippen molar-refractivity contribution in [2.45, 2.75) is 18.9 Å². The first kappa shape index (κ1) is 12.9. The van der Waals surface area contributed by atoms with Crippen LogP contribution < -0.4 is 10.2 Å². The summed E-state index contributed by atoms with van der Waals surface area (Å²) in [5, 5.41) is 12.3. The van der Waals surface area contributed by atoms with E-state index in [1.54, 1.807) is 17.0 Å². The highest BCUT2D eigenvalue weighted by Gasteiger charge is 2.32. The third-order valence-electron chi connectivity index (χ3n) is 3.74. The lowest BCUT2D eigenvalue weighted by atomic mass is 10.1. The first-order valence-corrected chi connectivity index (χ1v) is 6.74. The van der Waals surface area contributed by atoms with Gasteiger partial charge in [0, 0.05) is 18.7 Å². The molecular weight excluding hydrogens is 261 g/mol. The molecule has 0 spiro atoms. The van der Waals surface area contributed by atoms with Crippen molar-refractivity contribution in [3.63, 3.8) is 0 Å². The van der Waals surface area contributed by atoms with Gasteiger partial charge in [-0.05, 0) is 31.0 Å². The monoisotopic (exact) mass is 277 g/mol. The van der Waals surface area contributed by atoms with E-state index in [9.17, 15) is 9.18 Å². The third-order valence-corrected chi connectivity index (χ3v) is 3.74. The lowest BCUT2D eigenvalue weighted by molar-refractivity contribution is -0.138. The number of rotatable bonds is 3. The Morgan fingerprint density at radius 1 is 1.50 bits per heavy atom. The topological polar surface area (TPSA) is 64.9 Å². The Hall–Kier alpha value is -2.11. The molecule has 2 N–H and O–H groups in total. The first-order chi connectivity index (χ1) is 9.66. The molecular formula is C14H16FN3O2. The summed E-state index contributed by atoms with van der Waals surface area (Å²) in [4.78, 5) is 17.1. The van der Waals surface area contributed by atoms with Crippen LogP contribution in [-0.4, -0.2) is 42.6 Å². The lowest BCUT2D eigenvalue weighted by Crippen LogP contribution is -2.36. The van der Waals surface area contributed by atoms with Crippen LogP contribution in [0.15, 0.2) is 23.2 Å². The molecule has 0 aromatic heterocycles. The molecule has 6 heteroatoms. The molecule has 1 aromatic rings. The Kier molecular flexibility index (Phi) is 3.30. The molecule has 106 valence electrons. The maximum atomic E-state index is 14.3. The van der Waals surface area contributed by atoms with Gasteiger partial charge in [-0.3, -0.25) is 4.99 Å². The minimum Gasteiger partial charge on any atom is -0.480 e. The molecule has 0 aliphatic carbocycles. The molecule has 1 atom stereocenters. The van der Waals surface area contributed by atoms with Gasteiger partial charge in [-0.25, -0.2) is 9.18 Å². The Balaban J connectivity index is 1.89. The van der Waals surface area contributed by atoms with E-state index in [1.807, 2.05) is 0 Å². The van der Waals surface area contributed by atoms with Crippen molar-refractivity contribution in [2.24, 2.45) is 4.99 Å². The average molecular weight is 277 g/mol. The molecule has 0 bridgehead atoms. The fraction of sp³-hybridized carbons (Fsp3) is 0.429. The number of carboxylic acid groups (broad SMARTS) is 1. The maximum Gasteiger partial charge on any atom is 0.326 e. The van der Waals surface area contributed by atoms with Gasteiger partial charge in [0.1, 0.15) is 17.7 Å². The van der Waals surface area contributed by atoms with E-state index in [2.05, 4.69) is 10.3 Å². The van der Waals surface area contributed by atoms with Crippen LogP contribution in [0.4, 0.5) is 10.1 Å². The number of anilines is 1. The summed E-state index contributed by atoms with van der Waals surface area (Å²) in [6.45, 7) is 2.05. The number of hydrogen-bond acceptors (Lipinski definition) is 4. The lowest BCUT2D eigenvalue weighted by Gasteiger charge is -2.24. The van der Waals surface area contributed by atoms with E-state index >= 15 is 0 Å². The van der Waals surface area contributed by atoms with Crippen LogP contribution in [0.3, 0.4) is 0 Å². The zero-order valence-electron chi connectivity index (χ0n) is 11.0. The van der Waals surface area contributed by atoms with Gasteiger partial charge < -0.3 is 15.3 Å². The van der Waals surface area contributed by atoms with E-state index in [0.29, 0.717) is 36.6 Å². The number of amidine groups is 1. The molecule has 5 nitrogen and oxygen atoms in total. The number of benzene rings is 1. The molecule has 1 fully saturated rings. The summed E-state index contributed by atoms with van der Waals surface area (Å²) in [5.74, 6) is -0.591. The van der Waals surface area contributed by atoms with Crippen LogP contribution in [0.5, 0.6) is 0 Å². The zero-order valence-corrected chi connectivity index (χ0v) is 11.0. The van der Waals surface area contributed by atoms with Crippen molar-refractivity contribution in [3.8, 4) is 0 Å². The van der Waals surface area contributed by atoms with Gasteiger partial charge in [0.25, 0.3) is 0 Å².